The lowest BCUT2D eigenvalue weighted by Crippen LogP contribution is -2.58. The van der Waals surface area contributed by atoms with Gasteiger partial charge >= 0.3 is 0 Å². The number of methoxy groups -OCH3 is 1. The van der Waals surface area contributed by atoms with Crippen molar-refractivity contribution < 1.29 is 4.74 Å². The molecule has 2 aliphatic rings. The molecule has 0 bridgehead atoms. The Morgan fingerprint density at radius 2 is 1.94 bits per heavy atom. The number of hydrogen-bond donors (Lipinski definition) is 1. The van der Waals surface area contributed by atoms with Crippen LogP contribution in [0.25, 0.3) is 0 Å². The van der Waals surface area contributed by atoms with Gasteiger partial charge in [0.25, 0.3) is 0 Å². The fourth-order valence-electron chi connectivity index (χ4n) is 2.97. The van der Waals surface area contributed by atoms with Crippen molar-refractivity contribution in [2.75, 3.05) is 38.2 Å². The lowest BCUT2D eigenvalue weighted by atomic mass is 9.88. The van der Waals surface area contributed by atoms with Crippen LogP contribution in [0.1, 0.15) is 25.7 Å². The molecule has 0 amide bonds. The number of nitrogens with two attached hydrogens (primary N) is 1. The van der Waals surface area contributed by atoms with Crippen LogP contribution in [0.5, 0.6) is 0 Å². The van der Waals surface area contributed by atoms with Gasteiger partial charge in [0.2, 0.25) is 0 Å². The SMILES string of the molecule is COC1CCN(C2(CN)CCSCC2)CC1. The summed E-state index contributed by atoms with van der Waals surface area (Å²) in [6.07, 6.45) is 5.36. The first-order chi connectivity index (χ1) is 7.80. The minimum atomic E-state index is 0.309. The third kappa shape index (κ3) is 2.55. The molecule has 0 spiro atoms. The zero-order valence-corrected chi connectivity index (χ0v) is 11.1. The van der Waals surface area contributed by atoms with E-state index in [0.29, 0.717) is 11.6 Å². The zero-order valence-electron chi connectivity index (χ0n) is 10.3. The van der Waals surface area contributed by atoms with Crippen LogP contribution >= 0.6 is 11.8 Å². The molecule has 0 saturated carbocycles. The predicted molar refractivity (Wildman–Crippen MR) is 69.9 cm³/mol. The summed E-state index contributed by atoms with van der Waals surface area (Å²) < 4.78 is 5.43. The Kier molecular flexibility index (Phi) is 4.53. The molecule has 2 heterocycles. The highest BCUT2D eigenvalue weighted by atomic mass is 32.2. The summed E-state index contributed by atoms with van der Waals surface area (Å²) in [6.45, 7) is 3.16. The molecule has 0 unspecified atom stereocenters. The molecule has 0 radical (unpaired) electrons. The van der Waals surface area contributed by atoms with Crippen LogP contribution in [0, 0.1) is 0 Å². The van der Waals surface area contributed by atoms with Gasteiger partial charge in [-0.15, -0.1) is 0 Å². The second kappa shape index (κ2) is 5.71. The standard InChI is InChI=1S/C12H24N2OS/c1-15-11-2-6-14(7-3-11)12(10-13)4-8-16-9-5-12/h11H,2-10,13H2,1H3. The minimum absolute atomic E-state index is 0.309. The number of piperidine rings is 1. The van der Waals surface area contributed by atoms with Crippen LogP contribution in [-0.2, 0) is 4.74 Å². The number of rotatable bonds is 3. The second-order valence-corrected chi connectivity index (χ2v) is 6.19. The van der Waals surface area contributed by atoms with E-state index in [-0.39, 0.29) is 0 Å². The van der Waals surface area contributed by atoms with Gasteiger partial charge in [-0.05, 0) is 37.2 Å². The first kappa shape index (κ1) is 12.7. The molecule has 0 aromatic carbocycles. The molecule has 2 N–H and O–H groups in total. The fourth-order valence-corrected chi connectivity index (χ4v) is 4.22. The summed E-state index contributed by atoms with van der Waals surface area (Å²) in [7, 11) is 1.83. The van der Waals surface area contributed by atoms with Gasteiger partial charge in [-0.2, -0.15) is 11.8 Å². The quantitative estimate of drug-likeness (QED) is 0.813. The lowest BCUT2D eigenvalue weighted by Gasteiger charge is -2.48. The Morgan fingerprint density at radius 1 is 1.31 bits per heavy atom. The topological polar surface area (TPSA) is 38.5 Å². The third-order valence-electron chi connectivity index (χ3n) is 4.25. The smallest absolute Gasteiger partial charge is 0.0595 e. The highest BCUT2D eigenvalue weighted by Crippen LogP contribution is 2.33. The van der Waals surface area contributed by atoms with Crippen LogP contribution < -0.4 is 5.73 Å². The number of likely N-dealkylation sites (tertiary alicyclic amines) is 1. The van der Waals surface area contributed by atoms with Crippen LogP contribution in [-0.4, -0.2) is 54.8 Å². The third-order valence-corrected chi connectivity index (χ3v) is 5.24. The van der Waals surface area contributed by atoms with E-state index in [2.05, 4.69) is 16.7 Å². The number of thioether (sulfide) groups is 1. The van der Waals surface area contributed by atoms with E-state index in [1.807, 2.05) is 7.11 Å². The van der Waals surface area contributed by atoms with E-state index in [0.717, 1.165) is 6.54 Å². The largest absolute Gasteiger partial charge is 0.381 e. The normalized spacial score (nSPS) is 28.1. The summed E-state index contributed by atoms with van der Waals surface area (Å²) in [6, 6.07) is 0. The van der Waals surface area contributed by atoms with Crippen molar-refractivity contribution in [3.05, 3.63) is 0 Å². The number of ether oxygens (including phenoxy) is 1. The van der Waals surface area contributed by atoms with Gasteiger partial charge in [-0.3, -0.25) is 4.90 Å². The number of nitrogens with zero attached hydrogens (tertiary/aromatic N) is 1. The Balaban J connectivity index is 1.94. The van der Waals surface area contributed by atoms with Gasteiger partial charge in [0, 0.05) is 32.3 Å². The lowest BCUT2D eigenvalue weighted by molar-refractivity contribution is -0.00529. The van der Waals surface area contributed by atoms with Crippen molar-refractivity contribution in [2.45, 2.75) is 37.3 Å². The van der Waals surface area contributed by atoms with Crippen molar-refractivity contribution >= 4 is 11.8 Å². The maximum atomic E-state index is 6.05. The van der Waals surface area contributed by atoms with Gasteiger partial charge in [-0.25, -0.2) is 0 Å². The zero-order chi connectivity index (χ0) is 11.4. The van der Waals surface area contributed by atoms with Crippen molar-refractivity contribution in [1.29, 1.82) is 0 Å². The Hall–Kier alpha value is 0.230. The minimum Gasteiger partial charge on any atom is -0.381 e. The Bertz CT molecular complexity index is 211. The fraction of sp³-hybridized carbons (Fsp3) is 1.00. The average molecular weight is 244 g/mol. The van der Waals surface area contributed by atoms with Crippen LogP contribution in [0.2, 0.25) is 0 Å². The summed E-state index contributed by atoms with van der Waals surface area (Å²) in [5, 5.41) is 0. The van der Waals surface area contributed by atoms with Crippen molar-refractivity contribution in [1.82, 2.24) is 4.90 Å². The molecule has 94 valence electrons. The first-order valence-electron chi connectivity index (χ1n) is 6.36. The summed E-state index contributed by atoms with van der Waals surface area (Å²) in [5.74, 6) is 2.56. The molecule has 2 aliphatic heterocycles. The average Bonchev–Trinajstić information content (AvgIpc) is 2.39. The molecule has 0 aromatic heterocycles. The van der Waals surface area contributed by atoms with E-state index >= 15 is 0 Å². The highest BCUT2D eigenvalue weighted by Gasteiger charge is 2.38. The van der Waals surface area contributed by atoms with E-state index < -0.39 is 0 Å². The Labute approximate surface area is 103 Å². The molecule has 2 fully saturated rings. The first-order valence-corrected chi connectivity index (χ1v) is 7.52. The molecular weight excluding hydrogens is 220 g/mol. The van der Waals surface area contributed by atoms with E-state index in [1.54, 1.807) is 0 Å². The maximum Gasteiger partial charge on any atom is 0.0595 e. The summed E-state index contributed by atoms with van der Waals surface area (Å²) >= 11 is 2.07. The monoisotopic (exact) mass is 244 g/mol. The molecule has 3 nitrogen and oxygen atoms in total. The van der Waals surface area contributed by atoms with Crippen LogP contribution in [0.3, 0.4) is 0 Å². The molecule has 16 heavy (non-hydrogen) atoms. The van der Waals surface area contributed by atoms with E-state index in [1.165, 1.54) is 50.3 Å². The number of hydrogen-bond acceptors (Lipinski definition) is 4. The molecule has 2 rings (SSSR count). The molecule has 0 atom stereocenters. The highest BCUT2D eigenvalue weighted by molar-refractivity contribution is 7.99. The molecule has 2 saturated heterocycles. The van der Waals surface area contributed by atoms with Crippen molar-refractivity contribution in [3.63, 3.8) is 0 Å². The van der Waals surface area contributed by atoms with E-state index in [9.17, 15) is 0 Å². The maximum absolute atomic E-state index is 6.05. The van der Waals surface area contributed by atoms with Gasteiger partial charge in [-0.1, -0.05) is 0 Å². The van der Waals surface area contributed by atoms with Gasteiger partial charge in [0.1, 0.15) is 0 Å². The van der Waals surface area contributed by atoms with Crippen LogP contribution in [0.15, 0.2) is 0 Å². The van der Waals surface area contributed by atoms with Gasteiger partial charge < -0.3 is 10.5 Å². The predicted octanol–water partition coefficient (Wildman–Crippen LogP) is 1.32. The van der Waals surface area contributed by atoms with Gasteiger partial charge in [0.05, 0.1) is 6.10 Å². The summed E-state index contributed by atoms with van der Waals surface area (Å²) in [5.41, 5.74) is 6.36. The van der Waals surface area contributed by atoms with E-state index in [4.69, 9.17) is 10.5 Å². The molecular formula is C12H24N2OS. The molecule has 0 aromatic rings. The van der Waals surface area contributed by atoms with Crippen molar-refractivity contribution in [2.24, 2.45) is 5.73 Å². The second-order valence-electron chi connectivity index (χ2n) is 4.96. The van der Waals surface area contributed by atoms with Crippen molar-refractivity contribution in [3.8, 4) is 0 Å². The summed E-state index contributed by atoms with van der Waals surface area (Å²) in [4.78, 5) is 2.64. The van der Waals surface area contributed by atoms with Gasteiger partial charge in [0.15, 0.2) is 0 Å². The Morgan fingerprint density at radius 3 is 2.44 bits per heavy atom. The molecule has 4 heteroatoms. The van der Waals surface area contributed by atoms with Crippen LogP contribution in [0.4, 0.5) is 0 Å². The molecule has 0 aliphatic carbocycles.